The summed E-state index contributed by atoms with van der Waals surface area (Å²) in [4.78, 5) is 28.8. The van der Waals surface area contributed by atoms with Crippen LogP contribution in [0.1, 0.15) is 75.5 Å². The Morgan fingerprint density at radius 2 is 1.83 bits per heavy atom. The molecule has 4 rings (SSSR count). The van der Waals surface area contributed by atoms with Crippen molar-refractivity contribution in [2.45, 2.75) is 88.8 Å². The lowest BCUT2D eigenvalue weighted by Crippen LogP contribution is -2.60. The molecule has 1 aliphatic heterocycles. The largest absolute Gasteiger partial charge is 0.487 e. The summed E-state index contributed by atoms with van der Waals surface area (Å²) in [6, 6.07) is 8.76. The van der Waals surface area contributed by atoms with E-state index in [1.54, 1.807) is 39.0 Å². The van der Waals surface area contributed by atoms with Gasteiger partial charge < -0.3 is 19.9 Å². The molecular weight excluding hydrogens is 573 g/mol. The molecule has 230 valence electrons. The second-order valence-electron chi connectivity index (χ2n) is 12.1. The zero-order valence-corrected chi connectivity index (χ0v) is 24.9. The van der Waals surface area contributed by atoms with Crippen molar-refractivity contribution >= 4 is 23.5 Å². The van der Waals surface area contributed by atoms with E-state index in [2.05, 4.69) is 5.32 Å². The first-order valence-corrected chi connectivity index (χ1v) is 14.6. The van der Waals surface area contributed by atoms with Gasteiger partial charge in [0.25, 0.3) is 0 Å². The summed E-state index contributed by atoms with van der Waals surface area (Å²) in [6.45, 7) is 6.13. The number of alkyl halides is 3. The number of rotatable bonds is 7. The van der Waals surface area contributed by atoms with Crippen molar-refractivity contribution in [1.29, 1.82) is 0 Å². The van der Waals surface area contributed by atoms with Gasteiger partial charge in [0.15, 0.2) is 5.78 Å². The average molecular weight is 611 g/mol. The smallest absolute Gasteiger partial charge is 0.416 e. The van der Waals surface area contributed by atoms with Gasteiger partial charge in [-0.25, -0.2) is 4.79 Å². The minimum atomic E-state index is -4.47. The molecule has 1 heterocycles. The van der Waals surface area contributed by atoms with Gasteiger partial charge in [-0.3, -0.25) is 9.69 Å². The molecule has 1 saturated carbocycles. The zero-order valence-electron chi connectivity index (χ0n) is 24.1. The zero-order chi connectivity index (χ0) is 30.7. The number of nitrogens with one attached hydrogen (secondary N) is 1. The quantitative estimate of drug-likeness (QED) is 0.372. The van der Waals surface area contributed by atoms with Crippen molar-refractivity contribution < 1.29 is 37.3 Å². The van der Waals surface area contributed by atoms with Crippen LogP contribution >= 0.6 is 11.6 Å². The fourth-order valence-electron chi connectivity index (χ4n) is 5.69. The van der Waals surface area contributed by atoms with Gasteiger partial charge in [0.05, 0.1) is 22.1 Å². The number of nitrogens with zero attached hydrogens (tertiary/aromatic N) is 1. The van der Waals surface area contributed by atoms with Crippen LogP contribution in [0.15, 0.2) is 42.5 Å². The van der Waals surface area contributed by atoms with E-state index in [0.717, 1.165) is 31.4 Å². The lowest BCUT2D eigenvalue weighted by molar-refractivity contribution is -0.137. The summed E-state index contributed by atoms with van der Waals surface area (Å²) in [5.41, 5.74) is -2.05. The second kappa shape index (κ2) is 12.8. The molecular formula is C31H38ClF3N2O5. The normalized spacial score (nSPS) is 20.1. The molecule has 0 radical (unpaired) electrons. The highest BCUT2D eigenvalue weighted by Gasteiger charge is 2.48. The number of benzene rings is 2. The Labute approximate surface area is 249 Å². The molecule has 1 saturated heterocycles. The van der Waals surface area contributed by atoms with Gasteiger partial charge in [0, 0.05) is 19.6 Å². The minimum absolute atomic E-state index is 0.145. The SMILES string of the molecule is CC(C)(C)OC(=O)N1CCNCC1C(=O)C(c1ccc(OCc2cccc(C(F)(F)F)c2)c(Cl)c1)C1(O)CCCCC1. The van der Waals surface area contributed by atoms with E-state index in [0.29, 0.717) is 30.5 Å². The predicted molar refractivity (Wildman–Crippen MR) is 153 cm³/mol. The first kappa shape index (κ1) is 32.1. The molecule has 0 spiro atoms. The molecule has 2 unspecified atom stereocenters. The Morgan fingerprint density at radius 1 is 1.12 bits per heavy atom. The van der Waals surface area contributed by atoms with E-state index in [1.165, 1.54) is 17.0 Å². The number of ketones is 1. The van der Waals surface area contributed by atoms with Crippen molar-refractivity contribution in [2.75, 3.05) is 19.6 Å². The molecule has 42 heavy (non-hydrogen) atoms. The summed E-state index contributed by atoms with van der Waals surface area (Å²) in [5.74, 6) is -1.05. The number of amides is 1. The van der Waals surface area contributed by atoms with Crippen LogP contribution in [0.4, 0.5) is 18.0 Å². The Kier molecular flexibility index (Phi) is 9.79. The third kappa shape index (κ3) is 7.76. The number of ether oxygens (including phenoxy) is 2. The Balaban J connectivity index is 1.61. The van der Waals surface area contributed by atoms with Crippen LogP contribution in [0.3, 0.4) is 0 Å². The maximum Gasteiger partial charge on any atom is 0.416 e. The van der Waals surface area contributed by atoms with Crippen LogP contribution in [-0.2, 0) is 22.3 Å². The third-order valence-corrected chi connectivity index (χ3v) is 7.97. The number of hydrogen-bond donors (Lipinski definition) is 2. The van der Waals surface area contributed by atoms with E-state index in [-0.39, 0.29) is 36.3 Å². The van der Waals surface area contributed by atoms with Crippen LogP contribution in [0, 0.1) is 0 Å². The molecule has 1 amide bonds. The van der Waals surface area contributed by atoms with Gasteiger partial charge in [-0.1, -0.05) is 49.1 Å². The fourth-order valence-corrected chi connectivity index (χ4v) is 5.94. The number of aliphatic hydroxyl groups is 1. The Bertz CT molecular complexity index is 1270. The van der Waals surface area contributed by atoms with Crippen LogP contribution < -0.4 is 10.1 Å². The van der Waals surface area contributed by atoms with E-state index in [1.807, 2.05) is 0 Å². The predicted octanol–water partition coefficient (Wildman–Crippen LogP) is 6.49. The molecule has 7 nitrogen and oxygen atoms in total. The molecule has 2 N–H and O–H groups in total. The Hall–Kier alpha value is -2.82. The molecule has 2 fully saturated rings. The maximum absolute atomic E-state index is 14.3. The highest BCUT2D eigenvalue weighted by atomic mass is 35.5. The fraction of sp³-hybridized carbons (Fsp3) is 0.548. The van der Waals surface area contributed by atoms with Gasteiger partial charge >= 0.3 is 12.3 Å². The average Bonchev–Trinajstić information content (AvgIpc) is 2.91. The minimum Gasteiger partial charge on any atom is -0.487 e. The second-order valence-corrected chi connectivity index (χ2v) is 12.5. The summed E-state index contributed by atoms with van der Waals surface area (Å²) in [5, 5.41) is 15.2. The van der Waals surface area contributed by atoms with E-state index in [4.69, 9.17) is 21.1 Å². The highest BCUT2D eigenvalue weighted by Crippen LogP contribution is 2.43. The molecule has 2 aromatic carbocycles. The van der Waals surface area contributed by atoms with Crippen molar-refractivity contribution in [3.8, 4) is 5.75 Å². The number of piperazine rings is 1. The van der Waals surface area contributed by atoms with Crippen molar-refractivity contribution in [3.63, 3.8) is 0 Å². The molecule has 0 bridgehead atoms. The van der Waals surface area contributed by atoms with Crippen LogP contribution in [0.25, 0.3) is 0 Å². The third-order valence-electron chi connectivity index (χ3n) is 7.68. The van der Waals surface area contributed by atoms with Gasteiger partial charge in [-0.2, -0.15) is 13.2 Å². The molecule has 2 aromatic rings. The van der Waals surface area contributed by atoms with E-state index >= 15 is 0 Å². The summed E-state index contributed by atoms with van der Waals surface area (Å²) < 4.78 is 50.6. The van der Waals surface area contributed by atoms with Crippen molar-refractivity contribution in [1.82, 2.24) is 10.2 Å². The molecule has 2 aliphatic rings. The van der Waals surface area contributed by atoms with Crippen LogP contribution in [0.2, 0.25) is 5.02 Å². The van der Waals surface area contributed by atoms with Crippen LogP contribution in [0.5, 0.6) is 5.75 Å². The van der Waals surface area contributed by atoms with Gasteiger partial charge in [-0.05, 0) is 69.0 Å². The lowest BCUT2D eigenvalue weighted by atomic mass is 9.69. The molecule has 0 aromatic heterocycles. The van der Waals surface area contributed by atoms with Gasteiger partial charge in [0.2, 0.25) is 0 Å². The summed E-state index contributed by atoms with van der Waals surface area (Å²) >= 11 is 6.58. The molecule has 11 heteroatoms. The number of halogens is 4. The maximum atomic E-state index is 14.3. The Morgan fingerprint density at radius 3 is 2.48 bits per heavy atom. The van der Waals surface area contributed by atoms with Gasteiger partial charge in [-0.15, -0.1) is 0 Å². The lowest BCUT2D eigenvalue weighted by Gasteiger charge is -2.43. The number of carbonyl (C=O) groups excluding carboxylic acids is 2. The molecule has 1 aliphatic carbocycles. The van der Waals surface area contributed by atoms with E-state index < -0.39 is 41.0 Å². The first-order chi connectivity index (χ1) is 19.7. The summed E-state index contributed by atoms with van der Waals surface area (Å²) in [7, 11) is 0. The van der Waals surface area contributed by atoms with Crippen LogP contribution in [-0.4, -0.2) is 58.8 Å². The first-order valence-electron chi connectivity index (χ1n) is 14.2. The highest BCUT2D eigenvalue weighted by molar-refractivity contribution is 6.32. The summed E-state index contributed by atoms with van der Waals surface area (Å²) in [6.07, 6.45) is -1.77. The number of carbonyl (C=O) groups is 2. The topological polar surface area (TPSA) is 88.1 Å². The van der Waals surface area contributed by atoms with Crippen molar-refractivity contribution in [3.05, 3.63) is 64.2 Å². The van der Waals surface area contributed by atoms with E-state index in [9.17, 15) is 27.9 Å². The standard InChI is InChI=1S/C31H38ClF3N2O5/c1-29(2,3)42-28(39)37-15-14-36-18-24(37)27(38)26(30(40)12-5-4-6-13-30)21-10-11-25(23(32)17-21)41-19-20-8-7-9-22(16-20)31(33,34)35/h7-11,16-17,24,26,36,40H,4-6,12-15,18-19H2,1-3H3. The number of Topliss-reactive ketones (excluding diaryl/α,β-unsaturated/α-hetero) is 1. The van der Waals surface area contributed by atoms with Gasteiger partial charge in [0.1, 0.15) is 24.0 Å². The monoisotopic (exact) mass is 610 g/mol. The number of hydrogen-bond acceptors (Lipinski definition) is 6. The molecule has 2 atom stereocenters. The van der Waals surface area contributed by atoms with Crippen molar-refractivity contribution in [2.24, 2.45) is 0 Å².